The van der Waals surface area contributed by atoms with Crippen molar-refractivity contribution >= 4 is 8.32 Å². The molecule has 3 aromatic rings. The number of ether oxygens (including phenoxy) is 1. The van der Waals surface area contributed by atoms with E-state index < -0.39 is 8.32 Å². The third-order valence-electron chi connectivity index (χ3n) is 4.49. The van der Waals surface area contributed by atoms with E-state index in [0.29, 0.717) is 12.5 Å². The number of benzene rings is 2. The Labute approximate surface area is 213 Å². The largest absolute Gasteiger partial charge is 4.00 e. The molecule has 6 heteroatoms. The van der Waals surface area contributed by atoms with Crippen molar-refractivity contribution in [2.75, 3.05) is 6.61 Å². The van der Waals surface area contributed by atoms with Crippen LogP contribution in [0.5, 0.6) is 11.5 Å². The van der Waals surface area contributed by atoms with Crippen LogP contribution in [-0.2, 0) is 26.2 Å². The predicted molar refractivity (Wildman–Crippen MR) is 115 cm³/mol. The zero-order chi connectivity index (χ0) is 19.4. The first-order valence-electron chi connectivity index (χ1n) is 9.58. The van der Waals surface area contributed by atoms with Crippen LogP contribution < -0.4 is 34.0 Å². The van der Waals surface area contributed by atoms with Crippen LogP contribution in [-0.4, -0.2) is 14.9 Å². The third kappa shape index (κ3) is 7.05. The van der Waals surface area contributed by atoms with Gasteiger partial charge in [-0.15, -0.1) is 17.2 Å². The molecule has 0 bridgehead atoms. The molecule has 0 aromatic heterocycles. The van der Waals surface area contributed by atoms with Gasteiger partial charge in [-0.3, -0.25) is 0 Å². The first-order valence-corrected chi connectivity index (χ1v) is 13.0. The van der Waals surface area contributed by atoms with E-state index in [1.54, 1.807) is 0 Å². The van der Waals surface area contributed by atoms with Crippen molar-refractivity contribution in [3.05, 3.63) is 77.9 Å². The van der Waals surface area contributed by atoms with E-state index in [0.717, 1.165) is 11.5 Å². The molecule has 4 rings (SSSR count). The molecule has 30 heavy (non-hydrogen) atoms. The summed E-state index contributed by atoms with van der Waals surface area (Å²) < 4.78 is 11.3. The average molecular weight is 539 g/mol. The Kier molecular flexibility index (Phi) is 12.4. The van der Waals surface area contributed by atoms with Crippen molar-refractivity contribution in [2.24, 2.45) is 0 Å². The van der Waals surface area contributed by atoms with Crippen LogP contribution in [0.3, 0.4) is 0 Å². The van der Waals surface area contributed by atoms with Crippen LogP contribution in [0.15, 0.2) is 60.7 Å². The van der Waals surface area contributed by atoms with Gasteiger partial charge in [0.15, 0.2) is 0 Å². The summed E-state index contributed by atoms with van der Waals surface area (Å²) in [5.41, 5.74) is 5.51. The van der Waals surface area contributed by atoms with Gasteiger partial charge in [0.25, 0.3) is 0 Å². The summed E-state index contributed by atoms with van der Waals surface area (Å²) in [6.45, 7) is 11.4. The third-order valence-corrected chi connectivity index (χ3v) is 5.32. The van der Waals surface area contributed by atoms with Crippen LogP contribution in [0.1, 0.15) is 30.9 Å². The smallest absolute Gasteiger partial charge is 1.00 e. The minimum absolute atomic E-state index is 0. The van der Waals surface area contributed by atoms with Gasteiger partial charge in [0, 0.05) is 11.5 Å². The molecule has 158 valence electrons. The summed E-state index contributed by atoms with van der Waals surface area (Å²) in [5, 5.41) is 0. The van der Waals surface area contributed by atoms with E-state index in [1.807, 2.05) is 31.2 Å². The zero-order valence-corrected chi connectivity index (χ0v) is 23.1. The van der Waals surface area contributed by atoms with E-state index in [-0.39, 0.29) is 51.0 Å². The van der Waals surface area contributed by atoms with Crippen LogP contribution in [0, 0.1) is 6.07 Å². The first-order chi connectivity index (χ1) is 12.9. The fraction of sp³-hybridized carbons (Fsp3) is 0.292. The van der Waals surface area contributed by atoms with Crippen molar-refractivity contribution in [3.8, 4) is 22.6 Å². The number of hydrogen-bond donors (Lipinski definition) is 0. The second-order valence-corrected chi connectivity index (χ2v) is 12.1. The van der Waals surface area contributed by atoms with E-state index in [1.165, 1.54) is 22.3 Å². The monoisotopic (exact) mass is 536 g/mol. The molecule has 0 aliphatic heterocycles. The minimum Gasteiger partial charge on any atom is -1.00 e. The molecule has 0 radical (unpaired) electrons. The SMILES string of the molecule is CC1c2[c-]cccc2-c2ccccc21.CCO[c-]1cccc1O[Si](C)(C)C.[Cl-].[Cl-].[Zr+4]. The van der Waals surface area contributed by atoms with Gasteiger partial charge in [-0.1, -0.05) is 36.8 Å². The first kappa shape index (κ1) is 29.1. The molecule has 0 spiro atoms. The van der Waals surface area contributed by atoms with E-state index in [4.69, 9.17) is 9.16 Å². The minimum atomic E-state index is -1.50. The Hall–Kier alpha value is -0.930. The van der Waals surface area contributed by atoms with E-state index in [2.05, 4.69) is 69.0 Å². The van der Waals surface area contributed by atoms with Gasteiger partial charge in [0.05, 0.1) is 6.61 Å². The standard InChI is InChI=1S/C14H11.C10H17O2Si.2ClH.Zr/c1-10-11-6-2-4-8-13(11)14-9-5-3-7-12(10)14;1-5-11-9-7-6-8-10(9)12-13(2,3)4;;;/h2-6,8-10H,1H3;6-8H,5H2,1-4H3;2*1H;/q2*-1;;;+4/p-2. The Morgan fingerprint density at radius 3 is 2.30 bits per heavy atom. The maximum absolute atomic E-state index is 5.84. The number of halogens is 2. The molecular formula is C24H28Cl2O2SiZr. The summed E-state index contributed by atoms with van der Waals surface area (Å²) in [6, 6.07) is 24.1. The fourth-order valence-electron chi connectivity index (χ4n) is 3.39. The second-order valence-electron chi connectivity index (χ2n) is 7.71. The van der Waals surface area contributed by atoms with E-state index >= 15 is 0 Å². The van der Waals surface area contributed by atoms with Gasteiger partial charge in [0.1, 0.15) is 0 Å². The van der Waals surface area contributed by atoms with Crippen LogP contribution >= 0.6 is 0 Å². The molecule has 0 amide bonds. The van der Waals surface area contributed by atoms with Gasteiger partial charge in [0.2, 0.25) is 8.32 Å². The van der Waals surface area contributed by atoms with Gasteiger partial charge in [-0.2, -0.15) is 30.3 Å². The van der Waals surface area contributed by atoms with Crippen molar-refractivity contribution < 1.29 is 60.2 Å². The molecule has 0 N–H and O–H groups in total. The van der Waals surface area contributed by atoms with Crippen molar-refractivity contribution in [1.29, 1.82) is 0 Å². The Balaban J connectivity index is 0.000000512. The molecule has 1 unspecified atom stereocenters. The Bertz CT molecular complexity index is 860. The predicted octanol–water partition coefficient (Wildman–Crippen LogP) is 0.642. The molecule has 0 saturated carbocycles. The van der Waals surface area contributed by atoms with Gasteiger partial charge in [-0.25, -0.2) is 6.07 Å². The summed E-state index contributed by atoms with van der Waals surface area (Å²) in [7, 11) is -1.50. The zero-order valence-electron chi connectivity index (χ0n) is 18.1. The summed E-state index contributed by atoms with van der Waals surface area (Å²) >= 11 is 0. The average Bonchev–Trinajstić information content (AvgIpc) is 3.18. The van der Waals surface area contributed by atoms with Crippen LogP contribution in [0.2, 0.25) is 19.6 Å². The van der Waals surface area contributed by atoms with Gasteiger partial charge in [-0.05, 0) is 38.0 Å². The van der Waals surface area contributed by atoms with Crippen molar-refractivity contribution in [3.63, 3.8) is 0 Å². The normalized spacial score (nSPS) is 13.2. The molecule has 1 aliphatic rings. The second kappa shape index (κ2) is 12.8. The molecule has 0 saturated heterocycles. The van der Waals surface area contributed by atoms with Crippen molar-refractivity contribution in [1.82, 2.24) is 0 Å². The maximum atomic E-state index is 5.84. The molecule has 0 heterocycles. The Morgan fingerprint density at radius 1 is 0.967 bits per heavy atom. The van der Waals surface area contributed by atoms with Crippen molar-refractivity contribution in [2.45, 2.75) is 39.4 Å². The quantitative estimate of drug-likeness (QED) is 0.359. The molecule has 1 aliphatic carbocycles. The van der Waals surface area contributed by atoms with Crippen LogP contribution in [0.4, 0.5) is 0 Å². The topological polar surface area (TPSA) is 18.5 Å². The summed E-state index contributed by atoms with van der Waals surface area (Å²) in [6.07, 6.45) is 0. The maximum Gasteiger partial charge on any atom is 4.00 e. The number of fused-ring (bicyclic) bond motifs is 3. The molecule has 0 fully saturated rings. The number of rotatable bonds is 4. The van der Waals surface area contributed by atoms with Crippen LogP contribution in [0.25, 0.3) is 11.1 Å². The van der Waals surface area contributed by atoms with Gasteiger partial charge < -0.3 is 34.0 Å². The molecule has 2 nitrogen and oxygen atoms in total. The molecule has 3 aromatic carbocycles. The van der Waals surface area contributed by atoms with Gasteiger partial charge >= 0.3 is 26.2 Å². The molecule has 1 atom stereocenters. The fourth-order valence-corrected chi connectivity index (χ4v) is 4.22. The number of hydrogen-bond acceptors (Lipinski definition) is 2. The molecular weight excluding hydrogens is 510 g/mol. The Morgan fingerprint density at radius 2 is 1.63 bits per heavy atom. The summed E-state index contributed by atoms with van der Waals surface area (Å²) in [5.74, 6) is 2.26. The summed E-state index contributed by atoms with van der Waals surface area (Å²) in [4.78, 5) is 0. The van der Waals surface area contributed by atoms with E-state index in [9.17, 15) is 0 Å².